The van der Waals surface area contributed by atoms with Gasteiger partial charge in [0.1, 0.15) is 23.1 Å². The summed E-state index contributed by atoms with van der Waals surface area (Å²) in [6.07, 6.45) is 0. The van der Waals surface area contributed by atoms with Gasteiger partial charge in [-0.3, -0.25) is 0 Å². The van der Waals surface area contributed by atoms with E-state index >= 15 is 0 Å². The van der Waals surface area contributed by atoms with E-state index in [-0.39, 0.29) is 16.5 Å². The van der Waals surface area contributed by atoms with Gasteiger partial charge >= 0.3 is 0 Å². The second kappa shape index (κ2) is 5.81. The molecule has 0 amide bonds. The molecule has 6 nitrogen and oxygen atoms in total. The third-order valence-corrected chi connectivity index (χ3v) is 3.95. The molecule has 0 aromatic heterocycles. The van der Waals surface area contributed by atoms with Gasteiger partial charge < -0.3 is 30.9 Å². The quantitative estimate of drug-likeness (QED) is 0.689. The summed E-state index contributed by atoms with van der Waals surface area (Å²) in [6.45, 7) is 0.377. The van der Waals surface area contributed by atoms with Gasteiger partial charge in [0.2, 0.25) is 0 Å². The van der Waals surface area contributed by atoms with Crippen molar-refractivity contribution in [3.05, 3.63) is 52.8 Å². The van der Waals surface area contributed by atoms with Crippen molar-refractivity contribution in [3.8, 4) is 17.2 Å². The lowest BCUT2D eigenvalue weighted by molar-refractivity contribution is 0.415. The first-order valence-electron chi connectivity index (χ1n) is 6.88. The maximum Gasteiger partial charge on any atom is 0.143 e. The van der Waals surface area contributed by atoms with Gasteiger partial charge in [-0.2, -0.15) is 0 Å². The van der Waals surface area contributed by atoms with Gasteiger partial charge in [0.05, 0.1) is 30.2 Å². The van der Waals surface area contributed by atoms with E-state index < -0.39 is 0 Å². The minimum Gasteiger partial charge on any atom is -0.506 e. The standard InChI is InChI=1S/C16H16ClN3O3/c1-23-10-4-2-9(3-5-10)15-16(18)19-8-20(15)12-6-11(17)13(21)7-14(12)22/h2-7,19,21-22H,8,18H2,1H3. The fourth-order valence-corrected chi connectivity index (χ4v) is 2.65. The number of nitrogens with one attached hydrogen (secondary N) is 1. The smallest absolute Gasteiger partial charge is 0.143 e. The Balaban J connectivity index is 2.04. The topological polar surface area (TPSA) is 91.0 Å². The van der Waals surface area contributed by atoms with Gasteiger partial charge in [-0.1, -0.05) is 11.6 Å². The molecule has 5 N–H and O–H groups in total. The van der Waals surface area contributed by atoms with Crippen molar-refractivity contribution in [2.45, 2.75) is 0 Å². The van der Waals surface area contributed by atoms with Gasteiger partial charge in [0, 0.05) is 11.6 Å². The fraction of sp³-hybridized carbons (Fsp3) is 0.125. The molecule has 1 aliphatic heterocycles. The Labute approximate surface area is 138 Å². The van der Waals surface area contributed by atoms with Crippen molar-refractivity contribution in [2.75, 3.05) is 18.7 Å². The molecule has 2 aromatic carbocycles. The number of nitrogens with zero attached hydrogens (tertiary/aromatic N) is 1. The van der Waals surface area contributed by atoms with E-state index in [1.54, 1.807) is 12.0 Å². The molecule has 120 valence electrons. The van der Waals surface area contributed by atoms with Gasteiger partial charge in [-0.15, -0.1) is 0 Å². The summed E-state index contributed by atoms with van der Waals surface area (Å²) in [5.74, 6) is 0.956. The summed E-state index contributed by atoms with van der Waals surface area (Å²) < 4.78 is 5.16. The number of hydrogen-bond donors (Lipinski definition) is 4. The molecule has 23 heavy (non-hydrogen) atoms. The number of nitrogens with two attached hydrogens (primary N) is 1. The SMILES string of the molecule is COc1ccc(C2=C(N)NCN2c2cc(Cl)c(O)cc2O)cc1. The van der Waals surface area contributed by atoms with Crippen molar-refractivity contribution in [3.63, 3.8) is 0 Å². The summed E-state index contributed by atoms with van der Waals surface area (Å²) >= 11 is 5.96. The lowest BCUT2D eigenvalue weighted by atomic mass is 10.1. The minimum absolute atomic E-state index is 0.0885. The van der Waals surface area contributed by atoms with Crippen LogP contribution in [0.5, 0.6) is 17.2 Å². The van der Waals surface area contributed by atoms with Crippen LogP contribution in [0.15, 0.2) is 42.2 Å². The fourth-order valence-electron chi connectivity index (χ4n) is 2.49. The Hall–Kier alpha value is -2.73. The summed E-state index contributed by atoms with van der Waals surface area (Å²) in [7, 11) is 1.60. The predicted molar refractivity (Wildman–Crippen MR) is 89.4 cm³/mol. The zero-order valence-corrected chi connectivity index (χ0v) is 13.1. The second-order valence-electron chi connectivity index (χ2n) is 5.05. The van der Waals surface area contributed by atoms with Crippen molar-refractivity contribution in [2.24, 2.45) is 5.73 Å². The third-order valence-electron chi connectivity index (χ3n) is 3.65. The Morgan fingerprint density at radius 3 is 2.52 bits per heavy atom. The first-order valence-corrected chi connectivity index (χ1v) is 7.26. The van der Waals surface area contributed by atoms with Gasteiger partial charge in [-0.05, 0) is 30.3 Å². The Morgan fingerprint density at radius 2 is 1.87 bits per heavy atom. The number of benzene rings is 2. The van der Waals surface area contributed by atoms with Crippen LogP contribution in [0, 0.1) is 0 Å². The molecule has 7 heteroatoms. The van der Waals surface area contributed by atoms with E-state index in [1.807, 2.05) is 24.3 Å². The summed E-state index contributed by atoms with van der Waals surface area (Å²) in [6, 6.07) is 10.1. The van der Waals surface area contributed by atoms with Gasteiger partial charge in [-0.25, -0.2) is 0 Å². The molecule has 0 radical (unpaired) electrons. The molecular weight excluding hydrogens is 318 g/mol. The third kappa shape index (κ3) is 2.68. The zero-order valence-electron chi connectivity index (χ0n) is 12.4. The lowest BCUT2D eigenvalue weighted by Gasteiger charge is -2.23. The number of phenols is 2. The number of aromatic hydroxyl groups is 2. The molecule has 2 aromatic rings. The maximum absolute atomic E-state index is 10.1. The zero-order chi connectivity index (χ0) is 16.6. The molecule has 0 saturated carbocycles. The highest BCUT2D eigenvalue weighted by Gasteiger charge is 2.26. The van der Waals surface area contributed by atoms with E-state index in [0.717, 1.165) is 11.3 Å². The van der Waals surface area contributed by atoms with Crippen molar-refractivity contribution in [1.82, 2.24) is 5.32 Å². The number of halogens is 1. The largest absolute Gasteiger partial charge is 0.506 e. The first-order chi connectivity index (χ1) is 11.0. The van der Waals surface area contributed by atoms with Gasteiger partial charge in [0.15, 0.2) is 0 Å². The van der Waals surface area contributed by atoms with Crippen LogP contribution in [0.4, 0.5) is 5.69 Å². The van der Waals surface area contributed by atoms with Crippen LogP contribution in [-0.2, 0) is 0 Å². The summed E-state index contributed by atoms with van der Waals surface area (Å²) in [5.41, 5.74) is 8.08. The highest BCUT2D eigenvalue weighted by atomic mass is 35.5. The molecular formula is C16H16ClN3O3. The molecule has 3 rings (SSSR count). The number of methoxy groups -OCH3 is 1. The van der Waals surface area contributed by atoms with E-state index in [0.29, 0.717) is 23.9 Å². The molecule has 1 aliphatic rings. The second-order valence-corrected chi connectivity index (χ2v) is 5.45. The average molecular weight is 334 g/mol. The lowest BCUT2D eigenvalue weighted by Crippen LogP contribution is -2.23. The summed E-state index contributed by atoms with van der Waals surface area (Å²) in [5, 5.41) is 22.9. The molecule has 0 spiro atoms. The molecule has 0 bridgehead atoms. The number of rotatable bonds is 3. The van der Waals surface area contributed by atoms with Crippen LogP contribution in [0.1, 0.15) is 5.56 Å². The Morgan fingerprint density at radius 1 is 1.17 bits per heavy atom. The molecule has 0 atom stereocenters. The molecule has 0 saturated heterocycles. The number of anilines is 1. The van der Waals surface area contributed by atoms with Crippen LogP contribution in [0.25, 0.3) is 5.70 Å². The highest BCUT2D eigenvalue weighted by Crippen LogP contribution is 2.41. The number of ether oxygens (including phenoxy) is 1. The van der Waals surface area contributed by atoms with E-state index in [2.05, 4.69) is 5.32 Å². The Kier molecular flexibility index (Phi) is 3.83. The molecule has 0 fully saturated rings. The van der Waals surface area contributed by atoms with Crippen LogP contribution in [0.2, 0.25) is 5.02 Å². The van der Waals surface area contributed by atoms with Crippen LogP contribution >= 0.6 is 11.6 Å². The minimum atomic E-state index is -0.178. The number of phenolic OH excluding ortho intramolecular Hbond substituents is 2. The number of hydrogen-bond acceptors (Lipinski definition) is 6. The molecule has 1 heterocycles. The van der Waals surface area contributed by atoms with E-state index in [9.17, 15) is 10.2 Å². The van der Waals surface area contributed by atoms with Crippen molar-refractivity contribution >= 4 is 23.0 Å². The van der Waals surface area contributed by atoms with Crippen LogP contribution in [-0.4, -0.2) is 24.0 Å². The predicted octanol–water partition coefficient (Wildman–Crippen LogP) is 2.41. The van der Waals surface area contributed by atoms with Crippen molar-refractivity contribution < 1.29 is 14.9 Å². The molecule has 0 unspecified atom stereocenters. The van der Waals surface area contributed by atoms with Crippen LogP contribution in [0.3, 0.4) is 0 Å². The first kappa shape index (κ1) is 15.2. The summed E-state index contributed by atoms with van der Waals surface area (Å²) in [4.78, 5) is 1.79. The van der Waals surface area contributed by atoms with E-state index in [1.165, 1.54) is 12.1 Å². The Bertz CT molecular complexity index is 775. The van der Waals surface area contributed by atoms with E-state index in [4.69, 9.17) is 22.1 Å². The van der Waals surface area contributed by atoms with Gasteiger partial charge in [0.25, 0.3) is 0 Å². The maximum atomic E-state index is 10.1. The average Bonchev–Trinajstić information content (AvgIpc) is 2.92. The molecule has 0 aliphatic carbocycles. The van der Waals surface area contributed by atoms with Crippen LogP contribution < -0.4 is 20.7 Å². The normalized spacial score (nSPS) is 14.1. The monoisotopic (exact) mass is 333 g/mol. The van der Waals surface area contributed by atoms with Crippen molar-refractivity contribution in [1.29, 1.82) is 0 Å². The highest BCUT2D eigenvalue weighted by molar-refractivity contribution is 6.32.